The Bertz CT molecular complexity index is 951. The fourth-order valence-electron chi connectivity index (χ4n) is 2.20. The molecule has 0 radical (unpaired) electrons. The van der Waals surface area contributed by atoms with Gasteiger partial charge in [0.1, 0.15) is 11.8 Å². The third-order valence-electron chi connectivity index (χ3n) is 3.61. The minimum Gasteiger partial charge on any atom is -0.484 e. The topological polar surface area (TPSA) is 104 Å². The Labute approximate surface area is 171 Å². The van der Waals surface area contributed by atoms with Gasteiger partial charge in [0.05, 0.1) is 17.7 Å². The van der Waals surface area contributed by atoms with E-state index in [1.165, 1.54) is 0 Å². The van der Waals surface area contributed by atoms with Crippen molar-refractivity contribution in [3.05, 3.63) is 58.1 Å². The van der Waals surface area contributed by atoms with Gasteiger partial charge in [-0.2, -0.15) is 10.4 Å². The Morgan fingerprint density at radius 3 is 2.68 bits per heavy atom. The van der Waals surface area contributed by atoms with E-state index >= 15 is 0 Å². The highest BCUT2D eigenvalue weighted by Crippen LogP contribution is 2.21. The number of halogens is 1. The molecule has 0 unspecified atom stereocenters. The number of aryl methyl sites for hydroxylation is 1. The molecule has 2 rings (SSSR count). The van der Waals surface area contributed by atoms with Crippen LogP contribution in [0.1, 0.15) is 24.5 Å². The number of carbonyl (C=O) groups excluding carboxylic acids is 2. The lowest BCUT2D eigenvalue weighted by Gasteiger charge is -2.08. The fraction of sp³-hybridized carbons (Fsp3) is 0.200. The molecule has 2 aromatic rings. The number of amides is 2. The molecule has 8 heteroatoms. The van der Waals surface area contributed by atoms with Crippen molar-refractivity contribution < 1.29 is 14.3 Å². The Morgan fingerprint density at radius 2 is 1.96 bits per heavy atom. The predicted octanol–water partition coefficient (Wildman–Crippen LogP) is 3.53. The van der Waals surface area contributed by atoms with Gasteiger partial charge in [-0.15, -0.1) is 0 Å². The largest absolute Gasteiger partial charge is 0.484 e. The van der Waals surface area contributed by atoms with Crippen LogP contribution in [0.3, 0.4) is 0 Å². The van der Waals surface area contributed by atoms with Gasteiger partial charge < -0.3 is 10.1 Å². The van der Waals surface area contributed by atoms with Crippen molar-refractivity contribution in [1.82, 2.24) is 5.43 Å². The van der Waals surface area contributed by atoms with Crippen LogP contribution in [0.4, 0.5) is 5.69 Å². The highest BCUT2D eigenvalue weighted by molar-refractivity contribution is 9.10. The quantitative estimate of drug-likeness (QED) is 0.505. The molecule has 0 bridgehead atoms. The number of benzene rings is 2. The number of hydrogen-bond donors (Lipinski definition) is 2. The van der Waals surface area contributed by atoms with Crippen LogP contribution in [0, 0.1) is 18.3 Å². The molecule has 0 heterocycles. The summed E-state index contributed by atoms with van der Waals surface area (Å²) in [5, 5.41) is 15.6. The molecule has 0 aliphatic carbocycles. The number of para-hydroxylation sites is 1. The molecule has 2 N–H and O–H groups in total. The first-order valence-electron chi connectivity index (χ1n) is 8.39. The van der Waals surface area contributed by atoms with Crippen molar-refractivity contribution in [1.29, 1.82) is 5.26 Å². The molecule has 144 valence electrons. The standard InChI is InChI=1S/C20H19BrN4O3/c1-13-9-16(7-8-17(13)21)28-12-20(27)25-24-14(2)10-19(26)23-18-6-4-3-5-15(18)11-22/h3-9H,10,12H2,1-2H3,(H,23,26)(H,25,27). The molecule has 7 nitrogen and oxygen atoms in total. The number of rotatable bonds is 7. The molecule has 2 aromatic carbocycles. The SMILES string of the molecule is CC(CC(=O)Nc1ccccc1C#N)=NNC(=O)COc1ccc(Br)c(C)c1. The van der Waals surface area contributed by atoms with E-state index < -0.39 is 5.91 Å². The number of ether oxygens (including phenoxy) is 1. The predicted molar refractivity (Wildman–Crippen MR) is 110 cm³/mol. The van der Waals surface area contributed by atoms with Crippen molar-refractivity contribution in [3.63, 3.8) is 0 Å². The van der Waals surface area contributed by atoms with E-state index in [4.69, 9.17) is 10.00 Å². The van der Waals surface area contributed by atoms with E-state index in [-0.39, 0.29) is 18.9 Å². The van der Waals surface area contributed by atoms with E-state index in [2.05, 4.69) is 31.8 Å². The van der Waals surface area contributed by atoms with E-state index in [1.54, 1.807) is 37.3 Å². The summed E-state index contributed by atoms with van der Waals surface area (Å²) in [6, 6.07) is 14.1. The van der Waals surface area contributed by atoms with Crippen LogP contribution in [0.25, 0.3) is 0 Å². The molecule has 0 aliphatic heterocycles. The van der Waals surface area contributed by atoms with Gasteiger partial charge in [-0.25, -0.2) is 5.43 Å². The summed E-state index contributed by atoms with van der Waals surface area (Å²) in [6.45, 7) is 3.35. The summed E-state index contributed by atoms with van der Waals surface area (Å²) in [4.78, 5) is 23.9. The van der Waals surface area contributed by atoms with E-state index in [0.717, 1.165) is 10.0 Å². The first kappa shape index (κ1) is 21.1. The molecule has 2 amide bonds. The first-order valence-corrected chi connectivity index (χ1v) is 9.18. The first-order chi connectivity index (χ1) is 13.4. The third-order valence-corrected chi connectivity index (χ3v) is 4.50. The number of hydrogen-bond acceptors (Lipinski definition) is 5. The minimum absolute atomic E-state index is 0.0210. The second-order valence-corrected chi connectivity index (χ2v) is 6.82. The van der Waals surface area contributed by atoms with Gasteiger partial charge in [0.15, 0.2) is 6.61 Å². The summed E-state index contributed by atoms with van der Waals surface area (Å²) >= 11 is 3.40. The fourth-order valence-corrected chi connectivity index (χ4v) is 2.45. The van der Waals surface area contributed by atoms with Crippen LogP contribution < -0.4 is 15.5 Å². The molecule has 28 heavy (non-hydrogen) atoms. The van der Waals surface area contributed by atoms with E-state index in [0.29, 0.717) is 22.7 Å². The Kier molecular flexibility index (Phi) is 7.72. The average molecular weight is 443 g/mol. The van der Waals surface area contributed by atoms with Crippen LogP contribution in [-0.2, 0) is 9.59 Å². The molecule has 0 fully saturated rings. The number of hydrazone groups is 1. The highest BCUT2D eigenvalue weighted by Gasteiger charge is 2.09. The Hall–Kier alpha value is -3.18. The third kappa shape index (κ3) is 6.52. The molecule has 0 aliphatic rings. The summed E-state index contributed by atoms with van der Waals surface area (Å²) < 4.78 is 6.37. The van der Waals surface area contributed by atoms with Gasteiger partial charge in [0.2, 0.25) is 5.91 Å². The van der Waals surface area contributed by atoms with Crippen LogP contribution in [0.2, 0.25) is 0 Å². The van der Waals surface area contributed by atoms with Crippen LogP contribution in [-0.4, -0.2) is 24.1 Å². The molecule has 0 aromatic heterocycles. The zero-order chi connectivity index (χ0) is 20.5. The van der Waals surface area contributed by atoms with Gasteiger partial charge in [-0.05, 0) is 49.7 Å². The number of anilines is 1. The lowest BCUT2D eigenvalue weighted by Crippen LogP contribution is -2.26. The zero-order valence-electron chi connectivity index (χ0n) is 15.5. The maximum Gasteiger partial charge on any atom is 0.277 e. The normalized spacial score (nSPS) is 10.7. The van der Waals surface area contributed by atoms with Crippen molar-refractivity contribution in [2.24, 2.45) is 5.10 Å². The summed E-state index contributed by atoms with van der Waals surface area (Å²) in [5.74, 6) is -0.193. The van der Waals surface area contributed by atoms with Gasteiger partial charge in [-0.1, -0.05) is 28.1 Å². The summed E-state index contributed by atoms with van der Waals surface area (Å²) in [6.07, 6.45) is -0.0210. The average Bonchev–Trinajstić information content (AvgIpc) is 2.67. The number of nitrogens with zero attached hydrogens (tertiary/aromatic N) is 2. The molecular formula is C20H19BrN4O3. The number of nitrogens with one attached hydrogen (secondary N) is 2. The second kappa shape index (κ2) is 10.2. The summed E-state index contributed by atoms with van der Waals surface area (Å²) in [7, 11) is 0. The molecule has 0 saturated carbocycles. The number of carbonyl (C=O) groups is 2. The van der Waals surface area contributed by atoms with Crippen molar-refractivity contribution in [3.8, 4) is 11.8 Å². The lowest BCUT2D eigenvalue weighted by molar-refractivity contribution is -0.123. The molecule has 0 saturated heterocycles. The molecule has 0 atom stereocenters. The van der Waals surface area contributed by atoms with Crippen LogP contribution in [0.5, 0.6) is 5.75 Å². The minimum atomic E-state index is -0.435. The van der Waals surface area contributed by atoms with E-state index in [9.17, 15) is 9.59 Å². The summed E-state index contributed by atoms with van der Waals surface area (Å²) in [5.41, 5.74) is 4.57. The second-order valence-electron chi connectivity index (χ2n) is 5.96. The zero-order valence-corrected chi connectivity index (χ0v) is 17.0. The molecule has 0 spiro atoms. The maximum atomic E-state index is 12.1. The van der Waals surface area contributed by atoms with Crippen LogP contribution in [0.15, 0.2) is 52.0 Å². The van der Waals surface area contributed by atoms with Crippen LogP contribution >= 0.6 is 15.9 Å². The number of nitriles is 1. The maximum absolute atomic E-state index is 12.1. The highest BCUT2D eigenvalue weighted by atomic mass is 79.9. The van der Waals surface area contributed by atoms with E-state index in [1.807, 2.05) is 25.1 Å². The monoisotopic (exact) mass is 442 g/mol. The van der Waals surface area contributed by atoms with Gasteiger partial charge >= 0.3 is 0 Å². The van der Waals surface area contributed by atoms with Crippen molar-refractivity contribution in [2.45, 2.75) is 20.3 Å². The van der Waals surface area contributed by atoms with Crippen molar-refractivity contribution >= 4 is 39.1 Å². The van der Waals surface area contributed by atoms with Gasteiger partial charge in [0.25, 0.3) is 5.91 Å². The Balaban J connectivity index is 1.81. The Morgan fingerprint density at radius 1 is 1.21 bits per heavy atom. The van der Waals surface area contributed by atoms with Crippen molar-refractivity contribution in [2.75, 3.05) is 11.9 Å². The molecular weight excluding hydrogens is 424 g/mol. The smallest absolute Gasteiger partial charge is 0.277 e. The van der Waals surface area contributed by atoms with Gasteiger partial charge in [0, 0.05) is 10.2 Å². The lowest BCUT2D eigenvalue weighted by atomic mass is 10.2. The van der Waals surface area contributed by atoms with Gasteiger partial charge in [-0.3, -0.25) is 9.59 Å².